The Morgan fingerprint density at radius 2 is 2.04 bits per heavy atom. The Bertz CT molecular complexity index is 593. The summed E-state index contributed by atoms with van der Waals surface area (Å²) in [6, 6.07) is 4.27. The number of hydrogen-bond donors (Lipinski definition) is 2. The Kier molecular flexibility index (Phi) is 9.08. The van der Waals surface area contributed by atoms with Crippen molar-refractivity contribution >= 4 is 52.6 Å². The second-order valence-corrected chi connectivity index (χ2v) is 7.42. The largest absolute Gasteiger partial charge is 0.356 e. The average molecular weight is 464 g/mol. The van der Waals surface area contributed by atoms with E-state index in [9.17, 15) is 0 Å². The molecule has 2 rings (SSSR count). The summed E-state index contributed by atoms with van der Waals surface area (Å²) < 4.78 is 0. The summed E-state index contributed by atoms with van der Waals surface area (Å²) in [5.41, 5.74) is 1.07. The monoisotopic (exact) mass is 464 g/mol. The van der Waals surface area contributed by atoms with Gasteiger partial charge >= 0.3 is 0 Å². The molecule has 0 fully saturated rings. The summed E-state index contributed by atoms with van der Waals surface area (Å²) >= 11 is 3.52. The average Bonchev–Trinajstić information content (AvgIpc) is 3.18. The van der Waals surface area contributed by atoms with Gasteiger partial charge in [0.2, 0.25) is 0 Å². The minimum Gasteiger partial charge on any atom is -0.356 e. The first kappa shape index (κ1) is 20.4. The minimum atomic E-state index is 0. The van der Waals surface area contributed by atoms with E-state index in [4.69, 9.17) is 0 Å². The van der Waals surface area contributed by atoms with Gasteiger partial charge in [-0.05, 0) is 11.4 Å². The molecule has 1 atom stereocenters. The van der Waals surface area contributed by atoms with E-state index < -0.39 is 0 Å². The molecule has 0 amide bonds. The fourth-order valence-electron chi connectivity index (χ4n) is 1.99. The van der Waals surface area contributed by atoms with Crippen molar-refractivity contribution in [3.8, 4) is 0 Å². The number of halogens is 1. The molecule has 2 N–H and O–H groups in total. The lowest BCUT2D eigenvalue weighted by Crippen LogP contribution is -2.38. The number of rotatable bonds is 6. The Morgan fingerprint density at radius 3 is 2.61 bits per heavy atom. The fourth-order valence-corrected chi connectivity index (χ4v) is 3.61. The normalized spacial score (nSPS) is 12.8. The zero-order valence-electron chi connectivity index (χ0n) is 14.0. The van der Waals surface area contributed by atoms with E-state index in [-0.39, 0.29) is 24.0 Å². The van der Waals surface area contributed by atoms with E-state index >= 15 is 0 Å². The molecule has 0 aliphatic heterocycles. The molecule has 0 spiro atoms. The number of thiazole rings is 1. The predicted molar refractivity (Wildman–Crippen MR) is 113 cm³/mol. The lowest BCUT2D eigenvalue weighted by Gasteiger charge is -2.14. The van der Waals surface area contributed by atoms with Crippen LogP contribution in [0.5, 0.6) is 0 Å². The van der Waals surface area contributed by atoms with Crippen molar-refractivity contribution in [3.63, 3.8) is 0 Å². The molecule has 23 heavy (non-hydrogen) atoms. The van der Waals surface area contributed by atoms with Crippen molar-refractivity contribution in [1.82, 2.24) is 15.6 Å². The summed E-state index contributed by atoms with van der Waals surface area (Å²) in [7, 11) is 1.80. The quantitative estimate of drug-likeness (QED) is 0.378. The maximum Gasteiger partial charge on any atom is 0.191 e. The summed E-state index contributed by atoms with van der Waals surface area (Å²) in [5.74, 6) is 1.79. The molecule has 2 aromatic heterocycles. The van der Waals surface area contributed by atoms with Crippen LogP contribution in [0, 0.1) is 0 Å². The third-order valence-electron chi connectivity index (χ3n) is 3.33. The Balaban J connectivity index is 0.00000264. The standard InChI is InChI=1S/C16H24N4S2.HI/c1-11(2)15-20-13(10-22-15)9-19-16(17-4)18-8-12(3)14-6-5-7-21-14;/h5-7,10-12H,8-9H2,1-4H3,(H2,17,18,19);1H. The lowest BCUT2D eigenvalue weighted by molar-refractivity contribution is 0.705. The molecule has 0 saturated heterocycles. The number of aromatic nitrogens is 1. The van der Waals surface area contributed by atoms with Crippen LogP contribution in [0.2, 0.25) is 0 Å². The molecule has 0 aliphatic carbocycles. The molecular formula is C16H25IN4S2. The first-order chi connectivity index (χ1) is 10.6. The van der Waals surface area contributed by atoms with Crippen LogP contribution < -0.4 is 10.6 Å². The topological polar surface area (TPSA) is 49.3 Å². The second kappa shape index (κ2) is 10.2. The van der Waals surface area contributed by atoms with E-state index in [1.165, 1.54) is 9.88 Å². The van der Waals surface area contributed by atoms with Gasteiger partial charge in [-0.15, -0.1) is 46.7 Å². The second-order valence-electron chi connectivity index (χ2n) is 5.55. The smallest absolute Gasteiger partial charge is 0.191 e. The highest BCUT2D eigenvalue weighted by Gasteiger charge is 2.09. The van der Waals surface area contributed by atoms with Gasteiger partial charge in [0.1, 0.15) is 0 Å². The van der Waals surface area contributed by atoms with Gasteiger partial charge in [-0.3, -0.25) is 4.99 Å². The zero-order chi connectivity index (χ0) is 15.9. The Morgan fingerprint density at radius 1 is 1.26 bits per heavy atom. The van der Waals surface area contributed by atoms with Gasteiger partial charge in [0.25, 0.3) is 0 Å². The summed E-state index contributed by atoms with van der Waals surface area (Å²) in [4.78, 5) is 10.3. The SMILES string of the molecule is CN=C(NCc1csc(C(C)C)n1)NCC(C)c1cccs1.I. The van der Waals surface area contributed by atoms with Gasteiger partial charge in [-0.1, -0.05) is 26.8 Å². The van der Waals surface area contributed by atoms with Crippen LogP contribution in [0.1, 0.15) is 48.2 Å². The molecule has 7 heteroatoms. The van der Waals surface area contributed by atoms with Crippen LogP contribution in [0.3, 0.4) is 0 Å². The molecule has 0 aromatic carbocycles. The van der Waals surface area contributed by atoms with Crippen LogP contribution in [0.4, 0.5) is 0 Å². The van der Waals surface area contributed by atoms with Gasteiger partial charge < -0.3 is 10.6 Å². The van der Waals surface area contributed by atoms with Gasteiger partial charge in [-0.2, -0.15) is 0 Å². The highest BCUT2D eigenvalue weighted by Crippen LogP contribution is 2.20. The van der Waals surface area contributed by atoms with Gasteiger partial charge in [0, 0.05) is 35.7 Å². The van der Waals surface area contributed by atoms with Crippen molar-refractivity contribution in [3.05, 3.63) is 38.5 Å². The highest BCUT2D eigenvalue weighted by atomic mass is 127. The van der Waals surface area contributed by atoms with Gasteiger partial charge in [0.05, 0.1) is 17.2 Å². The van der Waals surface area contributed by atoms with Crippen molar-refractivity contribution in [1.29, 1.82) is 0 Å². The fraction of sp³-hybridized carbons (Fsp3) is 0.500. The van der Waals surface area contributed by atoms with Crippen LogP contribution in [-0.4, -0.2) is 24.5 Å². The van der Waals surface area contributed by atoms with E-state index in [0.717, 1.165) is 18.2 Å². The molecule has 4 nitrogen and oxygen atoms in total. The molecule has 128 valence electrons. The van der Waals surface area contributed by atoms with Crippen LogP contribution in [-0.2, 0) is 6.54 Å². The van der Waals surface area contributed by atoms with Crippen molar-refractivity contribution in [2.45, 2.75) is 39.2 Å². The lowest BCUT2D eigenvalue weighted by atomic mass is 10.1. The molecule has 2 aromatic rings. The van der Waals surface area contributed by atoms with Crippen molar-refractivity contribution in [2.75, 3.05) is 13.6 Å². The number of nitrogens with zero attached hydrogens (tertiary/aromatic N) is 2. The summed E-state index contributed by atoms with van der Waals surface area (Å²) in [5, 5.41) is 12.1. The molecule has 0 saturated carbocycles. The predicted octanol–water partition coefficient (Wildman–Crippen LogP) is 4.41. The molecular weight excluding hydrogens is 439 g/mol. The first-order valence-corrected chi connectivity index (χ1v) is 9.28. The minimum absolute atomic E-state index is 0. The number of thiophene rings is 1. The van der Waals surface area contributed by atoms with Crippen LogP contribution in [0.25, 0.3) is 0 Å². The van der Waals surface area contributed by atoms with E-state index in [1.807, 2.05) is 0 Å². The summed E-state index contributed by atoms with van der Waals surface area (Å²) in [6.45, 7) is 8.14. The number of aliphatic imine (C=N–C) groups is 1. The first-order valence-electron chi connectivity index (χ1n) is 7.52. The number of nitrogens with one attached hydrogen (secondary N) is 2. The van der Waals surface area contributed by atoms with Gasteiger partial charge in [-0.25, -0.2) is 4.98 Å². The van der Waals surface area contributed by atoms with Crippen molar-refractivity contribution in [2.24, 2.45) is 4.99 Å². The zero-order valence-corrected chi connectivity index (χ0v) is 18.0. The molecule has 0 bridgehead atoms. The van der Waals surface area contributed by atoms with Crippen molar-refractivity contribution < 1.29 is 0 Å². The molecule has 0 aliphatic rings. The summed E-state index contributed by atoms with van der Waals surface area (Å²) in [6.07, 6.45) is 0. The Labute approximate surface area is 163 Å². The highest BCUT2D eigenvalue weighted by molar-refractivity contribution is 14.0. The molecule has 0 radical (unpaired) electrons. The molecule has 1 unspecified atom stereocenters. The maximum atomic E-state index is 4.63. The molecule has 2 heterocycles. The number of guanidine groups is 1. The van der Waals surface area contributed by atoms with Crippen LogP contribution in [0.15, 0.2) is 27.9 Å². The van der Waals surface area contributed by atoms with Gasteiger partial charge in [0.15, 0.2) is 5.96 Å². The maximum absolute atomic E-state index is 4.63. The van der Waals surface area contributed by atoms with E-state index in [1.54, 1.807) is 29.7 Å². The number of hydrogen-bond acceptors (Lipinski definition) is 4. The third-order valence-corrected chi connectivity index (χ3v) is 5.63. The van der Waals surface area contributed by atoms with Crippen LogP contribution >= 0.6 is 46.7 Å². The van der Waals surface area contributed by atoms with E-state index in [2.05, 4.69) is 64.3 Å². The van der Waals surface area contributed by atoms with E-state index in [0.29, 0.717) is 18.4 Å². The Hall–Kier alpha value is -0.670. The third kappa shape index (κ3) is 6.39.